The second-order valence-corrected chi connectivity index (χ2v) is 7.65. The molecule has 5 heteroatoms. The molecular formula is C23H31N3O2. The van der Waals surface area contributed by atoms with Gasteiger partial charge in [-0.25, -0.2) is 0 Å². The minimum Gasteiger partial charge on any atom is -0.379 e. The number of hydrogen-bond acceptors (Lipinski definition) is 4. The van der Waals surface area contributed by atoms with E-state index in [1.807, 2.05) is 30.3 Å². The first kappa shape index (κ1) is 20.5. The van der Waals surface area contributed by atoms with Crippen LogP contribution in [0.4, 0.5) is 5.69 Å². The maximum Gasteiger partial charge on any atom is 0.238 e. The van der Waals surface area contributed by atoms with Gasteiger partial charge in [0, 0.05) is 31.4 Å². The summed E-state index contributed by atoms with van der Waals surface area (Å²) in [5.41, 5.74) is 3.29. The average Bonchev–Trinajstić information content (AvgIpc) is 2.71. The highest BCUT2D eigenvalue weighted by molar-refractivity contribution is 5.92. The van der Waals surface area contributed by atoms with Crippen LogP contribution < -0.4 is 10.6 Å². The van der Waals surface area contributed by atoms with Gasteiger partial charge in [-0.1, -0.05) is 56.3 Å². The van der Waals surface area contributed by atoms with Crippen LogP contribution >= 0.6 is 0 Å². The van der Waals surface area contributed by atoms with Crippen molar-refractivity contribution in [2.24, 2.45) is 5.92 Å². The van der Waals surface area contributed by atoms with Crippen molar-refractivity contribution in [2.45, 2.75) is 26.4 Å². The first-order valence-corrected chi connectivity index (χ1v) is 10.1. The van der Waals surface area contributed by atoms with E-state index in [0.717, 1.165) is 38.5 Å². The van der Waals surface area contributed by atoms with Crippen LogP contribution in [-0.2, 0) is 16.1 Å². The van der Waals surface area contributed by atoms with Gasteiger partial charge in [-0.15, -0.1) is 0 Å². The summed E-state index contributed by atoms with van der Waals surface area (Å²) in [5.74, 6) is 0.372. The Morgan fingerprint density at radius 2 is 1.71 bits per heavy atom. The van der Waals surface area contributed by atoms with E-state index in [4.69, 9.17) is 4.74 Å². The van der Waals surface area contributed by atoms with E-state index in [2.05, 4.69) is 53.6 Å². The zero-order chi connectivity index (χ0) is 19.8. The molecule has 2 N–H and O–H groups in total. The standard InChI is InChI=1S/C23H31N3O2/c1-18(2)23(20-6-4-3-5-7-20)24-16-22(27)25-21-10-8-19(9-11-21)17-26-12-14-28-15-13-26/h3-11,18,23-24H,12-17H2,1-2H3,(H,25,27)/t23-/m1/s1. The number of nitrogens with one attached hydrogen (secondary N) is 2. The minimum absolute atomic E-state index is 0.0255. The van der Waals surface area contributed by atoms with Gasteiger partial charge in [0.2, 0.25) is 5.91 Å². The number of morpholine rings is 1. The molecule has 0 bridgehead atoms. The lowest BCUT2D eigenvalue weighted by Crippen LogP contribution is -2.35. The molecule has 1 heterocycles. The Bertz CT molecular complexity index is 725. The van der Waals surface area contributed by atoms with Crippen molar-refractivity contribution in [2.75, 3.05) is 38.2 Å². The molecule has 150 valence electrons. The zero-order valence-corrected chi connectivity index (χ0v) is 16.9. The van der Waals surface area contributed by atoms with Gasteiger partial charge >= 0.3 is 0 Å². The number of carbonyl (C=O) groups is 1. The number of hydrogen-bond donors (Lipinski definition) is 2. The molecule has 1 amide bonds. The quantitative estimate of drug-likeness (QED) is 0.735. The van der Waals surface area contributed by atoms with Gasteiger partial charge in [0.15, 0.2) is 0 Å². The van der Waals surface area contributed by atoms with Crippen molar-refractivity contribution in [1.29, 1.82) is 0 Å². The molecule has 1 fully saturated rings. The summed E-state index contributed by atoms with van der Waals surface area (Å²) in [6, 6.07) is 18.6. The lowest BCUT2D eigenvalue weighted by molar-refractivity contribution is -0.115. The molecule has 1 atom stereocenters. The van der Waals surface area contributed by atoms with Gasteiger partial charge in [0.25, 0.3) is 0 Å². The summed E-state index contributed by atoms with van der Waals surface area (Å²) < 4.78 is 5.39. The smallest absolute Gasteiger partial charge is 0.238 e. The minimum atomic E-state index is -0.0255. The van der Waals surface area contributed by atoms with Crippen LogP contribution in [0.5, 0.6) is 0 Å². The number of benzene rings is 2. The molecule has 1 aliphatic rings. The van der Waals surface area contributed by atoms with Crippen molar-refractivity contribution in [3.63, 3.8) is 0 Å². The predicted molar refractivity (Wildman–Crippen MR) is 113 cm³/mol. The van der Waals surface area contributed by atoms with E-state index in [0.29, 0.717) is 5.92 Å². The van der Waals surface area contributed by atoms with Gasteiger partial charge < -0.3 is 15.4 Å². The fraction of sp³-hybridized carbons (Fsp3) is 0.435. The van der Waals surface area contributed by atoms with Crippen LogP contribution in [0.3, 0.4) is 0 Å². The number of ether oxygens (including phenoxy) is 1. The Balaban J connectivity index is 1.48. The maximum absolute atomic E-state index is 12.4. The summed E-state index contributed by atoms with van der Waals surface area (Å²) in [6.45, 7) is 9.10. The molecule has 1 saturated heterocycles. The van der Waals surface area contributed by atoms with E-state index < -0.39 is 0 Å². The molecule has 0 aromatic heterocycles. The average molecular weight is 382 g/mol. The Labute approximate surface area is 168 Å². The van der Waals surface area contributed by atoms with Gasteiger partial charge in [-0.3, -0.25) is 9.69 Å². The van der Waals surface area contributed by atoms with Crippen molar-refractivity contribution < 1.29 is 9.53 Å². The van der Waals surface area contributed by atoms with Crippen LogP contribution in [0.25, 0.3) is 0 Å². The van der Waals surface area contributed by atoms with E-state index in [1.54, 1.807) is 0 Å². The predicted octanol–water partition coefficient (Wildman–Crippen LogP) is 3.44. The van der Waals surface area contributed by atoms with Gasteiger partial charge in [0.05, 0.1) is 19.8 Å². The number of nitrogens with zero attached hydrogens (tertiary/aromatic N) is 1. The summed E-state index contributed by atoms with van der Waals surface area (Å²) in [6.07, 6.45) is 0. The lowest BCUT2D eigenvalue weighted by atomic mass is 9.96. The fourth-order valence-corrected chi connectivity index (χ4v) is 3.52. The van der Waals surface area contributed by atoms with Crippen LogP contribution in [0.15, 0.2) is 54.6 Å². The molecule has 1 aliphatic heterocycles. The highest BCUT2D eigenvalue weighted by atomic mass is 16.5. The normalized spacial score (nSPS) is 16.1. The SMILES string of the molecule is CC(C)[C@@H](NCC(=O)Nc1ccc(CN2CCOCC2)cc1)c1ccccc1. The Morgan fingerprint density at radius 3 is 2.36 bits per heavy atom. The van der Waals surface area contributed by atoms with Crippen LogP contribution in [0.1, 0.15) is 31.0 Å². The number of anilines is 1. The maximum atomic E-state index is 12.4. The Kier molecular flexibility index (Phi) is 7.60. The van der Waals surface area contributed by atoms with Crippen molar-refractivity contribution in [1.82, 2.24) is 10.2 Å². The van der Waals surface area contributed by atoms with Crippen LogP contribution in [0, 0.1) is 5.92 Å². The number of carbonyl (C=O) groups excluding carboxylic acids is 1. The highest BCUT2D eigenvalue weighted by Gasteiger charge is 2.16. The molecule has 0 spiro atoms. The molecule has 2 aromatic rings. The third-order valence-electron chi connectivity index (χ3n) is 5.06. The summed E-state index contributed by atoms with van der Waals surface area (Å²) in [7, 11) is 0. The highest BCUT2D eigenvalue weighted by Crippen LogP contribution is 2.21. The molecule has 2 aromatic carbocycles. The zero-order valence-electron chi connectivity index (χ0n) is 16.9. The first-order valence-electron chi connectivity index (χ1n) is 10.1. The van der Waals surface area contributed by atoms with Gasteiger partial charge in [-0.2, -0.15) is 0 Å². The van der Waals surface area contributed by atoms with E-state index in [1.165, 1.54) is 11.1 Å². The topological polar surface area (TPSA) is 53.6 Å². The van der Waals surface area contributed by atoms with E-state index in [-0.39, 0.29) is 18.5 Å². The molecule has 28 heavy (non-hydrogen) atoms. The fourth-order valence-electron chi connectivity index (χ4n) is 3.52. The number of rotatable bonds is 8. The Morgan fingerprint density at radius 1 is 1.04 bits per heavy atom. The van der Waals surface area contributed by atoms with Crippen molar-refractivity contribution in [3.05, 3.63) is 65.7 Å². The largest absolute Gasteiger partial charge is 0.379 e. The van der Waals surface area contributed by atoms with E-state index >= 15 is 0 Å². The second-order valence-electron chi connectivity index (χ2n) is 7.65. The lowest BCUT2D eigenvalue weighted by Gasteiger charge is -2.26. The van der Waals surface area contributed by atoms with Crippen molar-refractivity contribution >= 4 is 11.6 Å². The molecule has 3 rings (SSSR count). The third kappa shape index (κ3) is 6.16. The molecule has 0 aliphatic carbocycles. The van der Waals surface area contributed by atoms with Crippen LogP contribution in [0.2, 0.25) is 0 Å². The third-order valence-corrected chi connectivity index (χ3v) is 5.06. The monoisotopic (exact) mass is 381 g/mol. The van der Waals surface area contributed by atoms with E-state index in [9.17, 15) is 4.79 Å². The van der Waals surface area contributed by atoms with Gasteiger partial charge in [0.1, 0.15) is 0 Å². The summed E-state index contributed by atoms with van der Waals surface area (Å²) in [5, 5.41) is 6.37. The second kappa shape index (κ2) is 10.4. The molecule has 5 nitrogen and oxygen atoms in total. The molecule has 0 unspecified atom stereocenters. The van der Waals surface area contributed by atoms with Crippen molar-refractivity contribution in [3.8, 4) is 0 Å². The molecule has 0 radical (unpaired) electrons. The number of amides is 1. The summed E-state index contributed by atoms with van der Waals surface area (Å²) >= 11 is 0. The molecule has 0 saturated carbocycles. The molecular weight excluding hydrogens is 350 g/mol. The Hall–Kier alpha value is -2.21. The van der Waals surface area contributed by atoms with Gasteiger partial charge in [-0.05, 0) is 29.2 Å². The summed E-state index contributed by atoms with van der Waals surface area (Å²) in [4.78, 5) is 14.8. The first-order chi connectivity index (χ1) is 13.6. The van der Waals surface area contributed by atoms with Crippen LogP contribution in [-0.4, -0.2) is 43.7 Å².